The lowest BCUT2D eigenvalue weighted by atomic mass is 10.2. The summed E-state index contributed by atoms with van der Waals surface area (Å²) < 4.78 is 6.94. The zero-order valence-corrected chi connectivity index (χ0v) is 11.8. The van der Waals surface area contributed by atoms with Crippen molar-refractivity contribution in [3.63, 3.8) is 0 Å². The van der Waals surface area contributed by atoms with E-state index in [1.54, 1.807) is 30.9 Å². The highest BCUT2D eigenvalue weighted by molar-refractivity contribution is 6.04. The Morgan fingerprint density at radius 2 is 2.24 bits per heavy atom. The van der Waals surface area contributed by atoms with Gasteiger partial charge >= 0.3 is 0 Å². The van der Waals surface area contributed by atoms with Crippen LogP contribution in [0.4, 0.5) is 5.82 Å². The first-order valence-corrected chi connectivity index (χ1v) is 6.40. The first kappa shape index (κ1) is 14.9. The SMILES string of the molecule is C[C@H](CO)Oc1cc(O)cc(C(=O)Nc2ccn(C)n2)c1. The van der Waals surface area contributed by atoms with Crippen molar-refractivity contribution in [1.82, 2.24) is 9.78 Å². The first-order chi connectivity index (χ1) is 9.97. The minimum atomic E-state index is -0.432. The molecule has 0 bridgehead atoms. The predicted octanol–water partition coefficient (Wildman–Crippen LogP) is 1.14. The van der Waals surface area contributed by atoms with E-state index in [4.69, 9.17) is 9.84 Å². The average Bonchev–Trinajstić information content (AvgIpc) is 2.83. The standard InChI is InChI=1S/C14H17N3O4/c1-9(8-18)21-12-6-10(5-11(19)7-12)14(20)15-13-3-4-17(2)16-13/h3-7,9,18-19H,8H2,1-2H3,(H,15,16,20)/t9-/m1/s1. The number of aryl methyl sites for hydroxylation is 1. The van der Waals surface area contributed by atoms with Crippen molar-refractivity contribution in [1.29, 1.82) is 0 Å². The number of ether oxygens (including phenoxy) is 1. The van der Waals surface area contributed by atoms with E-state index in [1.165, 1.54) is 18.2 Å². The lowest BCUT2D eigenvalue weighted by molar-refractivity contribution is 0.102. The molecule has 1 heterocycles. The van der Waals surface area contributed by atoms with Crippen LogP contribution in [0, 0.1) is 0 Å². The Balaban J connectivity index is 2.16. The summed E-state index contributed by atoms with van der Waals surface area (Å²) in [7, 11) is 1.74. The number of hydrogen-bond acceptors (Lipinski definition) is 5. The van der Waals surface area contributed by atoms with Gasteiger partial charge in [-0.3, -0.25) is 9.48 Å². The molecule has 7 heteroatoms. The smallest absolute Gasteiger partial charge is 0.257 e. The molecule has 0 saturated carbocycles. The second-order valence-electron chi connectivity index (χ2n) is 4.66. The molecule has 0 spiro atoms. The largest absolute Gasteiger partial charge is 0.508 e. The topological polar surface area (TPSA) is 96.6 Å². The van der Waals surface area contributed by atoms with Gasteiger partial charge in [0.05, 0.1) is 6.61 Å². The highest BCUT2D eigenvalue weighted by atomic mass is 16.5. The van der Waals surface area contributed by atoms with Gasteiger partial charge in [0.15, 0.2) is 5.82 Å². The lowest BCUT2D eigenvalue weighted by Gasteiger charge is -2.13. The van der Waals surface area contributed by atoms with E-state index in [2.05, 4.69) is 10.4 Å². The van der Waals surface area contributed by atoms with E-state index >= 15 is 0 Å². The van der Waals surface area contributed by atoms with Crippen LogP contribution >= 0.6 is 0 Å². The van der Waals surface area contributed by atoms with Crippen molar-refractivity contribution in [2.45, 2.75) is 13.0 Å². The fraction of sp³-hybridized carbons (Fsp3) is 0.286. The summed E-state index contributed by atoms with van der Waals surface area (Å²) in [5.41, 5.74) is 0.237. The number of carbonyl (C=O) groups excluding carboxylic acids is 1. The Kier molecular flexibility index (Phi) is 4.44. The number of aliphatic hydroxyl groups excluding tert-OH is 1. The minimum Gasteiger partial charge on any atom is -0.508 e. The molecule has 0 fully saturated rings. The molecule has 0 radical (unpaired) electrons. The third kappa shape index (κ3) is 3.96. The molecule has 1 amide bonds. The van der Waals surface area contributed by atoms with Crippen molar-refractivity contribution in [2.24, 2.45) is 7.05 Å². The third-order valence-electron chi connectivity index (χ3n) is 2.70. The molecule has 0 aliphatic rings. The molecule has 112 valence electrons. The Morgan fingerprint density at radius 3 is 2.86 bits per heavy atom. The van der Waals surface area contributed by atoms with E-state index in [9.17, 15) is 9.90 Å². The number of nitrogens with zero attached hydrogens (tertiary/aromatic N) is 2. The van der Waals surface area contributed by atoms with Crippen molar-refractivity contribution in [3.05, 3.63) is 36.0 Å². The van der Waals surface area contributed by atoms with E-state index in [-0.39, 0.29) is 17.9 Å². The van der Waals surface area contributed by atoms with Gasteiger partial charge in [0.1, 0.15) is 17.6 Å². The molecule has 2 rings (SSSR count). The van der Waals surface area contributed by atoms with E-state index in [0.29, 0.717) is 11.6 Å². The van der Waals surface area contributed by atoms with Gasteiger partial charge in [-0.2, -0.15) is 5.10 Å². The van der Waals surface area contributed by atoms with Crippen LogP contribution in [0.5, 0.6) is 11.5 Å². The van der Waals surface area contributed by atoms with Gasteiger partial charge in [-0.15, -0.1) is 0 Å². The number of phenols is 1. The van der Waals surface area contributed by atoms with Crippen LogP contribution < -0.4 is 10.1 Å². The number of hydrogen-bond donors (Lipinski definition) is 3. The third-order valence-corrected chi connectivity index (χ3v) is 2.70. The van der Waals surface area contributed by atoms with Gasteiger partial charge in [-0.05, 0) is 19.1 Å². The number of aromatic nitrogens is 2. The lowest BCUT2D eigenvalue weighted by Crippen LogP contribution is -2.17. The summed E-state index contributed by atoms with van der Waals surface area (Å²) in [5, 5.41) is 25.3. The van der Waals surface area contributed by atoms with E-state index < -0.39 is 12.0 Å². The second-order valence-corrected chi connectivity index (χ2v) is 4.66. The summed E-state index contributed by atoms with van der Waals surface area (Å²) in [4.78, 5) is 12.1. The molecule has 1 aromatic carbocycles. The first-order valence-electron chi connectivity index (χ1n) is 6.40. The van der Waals surface area contributed by atoms with Crippen LogP contribution in [-0.4, -0.2) is 38.6 Å². The number of aliphatic hydroxyl groups is 1. The molecular weight excluding hydrogens is 274 g/mol. The maximum Gasteiger partial charge on any atom is 0.257 e. The maximum absolute atomic E-state index is 12.1. The van der Waals surface area contributed by atoms with Gasteiger partial charge < -0.3 is 20.3 Å². The molecule has 1 atom stereocenters. The zero-order chi connectivity index (χ0) is 15.4. The van der Waals surface area contributed by atoms with Crippen LogP contribution in [0.2, 0.25) is 0 Å². The Morgan fingerprint density at radius 1 is 1.48 bits per heavy atom. The number of amides is 1. The second kappa shape index (κ2) is 6.27. The summed E-state index contributed by atoms with van der Waals surface area (Å²) in [6.45, 7) is 1.52. The highest BCUT2D eigenvalue weighted by Crippen LogP contribution is 2.23. The number of rotatable bonds is 5. The van der Waals surface area contributed by atoms with Gasteiger partial charge in [-0.25, -0.2) is 0 Å². The summed E-state index contributed by atoms with van der Waals surface area (Å²) in [6.07, 6.45) is 1.27. The fourth-order valence-corrected chi connectivity index (χ4v) is 1.72. The van der Waals surface area contributed by atoms with E-state index in [1.807, 2.05) is 0 Å². The molecule has 0 unspecified atom stereocenters. The highest BCUT2D eigenvalue weighted by Gasteiger charge is 2.12. The van der Waals surface area contributed by atoms with E-state index in [0.717, 1.165) is 0 Å². The summed E-state index contributed by atoms with van der Waals surface area (Å²) >= 11 is 0. The summed E-state index contributed by atoms with van der Waals surface area (Å²) in [6, 6.07) is 5.86. The molecule has 3 N–H and O–H groups in total. The minimum absolute atomic E-state index is 0.0937. The van der Waals surface area contributed by atoms with Crippen LogP contribution in [0.25, 0.3) is 0 Å². The molecule has 0 aliphatic carbocycles. The molecule has 7 nitrogen and oxygen atoms in total. The predicted molar refractivity (Wildman–Crippen MR) is 76.4 cm³/mol. The average molecular weight is 291 g/mol. The normalized spacial score (nSPS) is 12.0. The molecule has 0 saturated heterocycles. The number of anilines is 1. The van der Waals surface area contributed by atoms with Gasteiger partial charge in [-0.1, -0.05) is 0 Å². The Hall–Kier alpha value is -2.54. The molecule has 1 aromatic heterocycles. The van der Waals surface area contributed by atoms with Gasteiger partial charge in [0, 0.05) is 30.9 Å². The number of carbonyl (C=O) groups is 1. The van der Waals surface area contributed by atoms with Crippen LogP contribution in [-0.2, 0) is 7.05 Å². The van der Waals surface area contributed by atoms with Gasteiger partial charge in [0.25, 0.3) is 5.91 Å². The zero-order valence-electron chi connectivity index (χ0n) is 11.8. The van der Waals surface area contributed by atoms with Crippen molar-refractivity contribution < 1.29 is 19.7 Å². The molecular formula is C14H17N3O4. The number of nitrogens with one attached hydrogen (secondary N) is 1. The number of benzene rings is 1. The van der Waals surface area contributed by atoms with Crippen molar-refractivity contribution >= 4 is 11.7 Å². The van der Waals surface area contributed by atoms with Crippen molar-refractivity contribution in [2.75, 3.05) is 11.9 Å². The van der Waals surface area contributed by atoms with Crippen molar-refractivity contribution in [3.8, 4) is 11.5 Å². The quantitative estimate of drug-likeness (QED) is 0.767. The summed E-state index contributed by atoms with van der Waals surface area (Å²) in [5.74, 6) is 0.217. The number of aromatic hydroxyl groups is 1. The fourth-order valence-electron chi connectivity index (χ4n) is 1.72. The molecule has 0 aliphatic heterocycles. The Bertz CT molecular complexity index is 639. The number of phenolic OH excluding ortho intramolecular Hbond substituents is 1. The van der Waals surface area contributed by atoms with Crippen LogP contribution in [0.15, 0.2) is 30.5 Å². The Labute approximate surface area is 121 Å². The van der Waals surface area contributed by atoms with Crippen LogP contribution in [0.1, 0.15) is 17.3 Å². The monoisotopic (exact) mass is 291 g/mol. The molecule has 2 aromatic rings. The van der Waals surface area contributed by atoms with Gasteiger partial charge in [0.2, 0.25) is 0 Å². The maximum atomic E-state index is 12.1. The molecule has 21 heavy (non-hydrogen) atoms. The van der Waals surface area contributed by atoms with Crippen LogP contribution in [0.3, 0.4) is 0 Å².